The second-order valence-electron chi connectivity index (χ2n) is 7.79. The summed E-state index contributed by atoms with van der Waals surface area (Å²) in [6.07, 6.45) is 0.481. The average Bonchev–Trinajstić information content (AvgIpc) is 2.84. The number of anilines is 1. The van der Waals surface area contributed by atoms with Crippen molar-refractivity contribution in [1.82, 2.24) is 4.90 Å². The van der Waals surface area contributed by atoms with E-state index >= 15 is 0 Å². The summed E-state index contributed by atoms with van der Waals surface area (Å²) in [4.78, 5) is 27.5. The number of ether oxygens (including phenoxy) is 1. The maximum atomic E-state index is 12.9. The van der Waals surface area contributed by atoms with Crippen molar-refractivity contribution >= 4 is 17.5 Å². The first-order chi connectivity index (χ1) is 16.0. The van der Waals surface area contributed by atoms with Crippen LogP contribution in [0.15, 0.2) is 66.7 Å². The van der Waals surface area contributed by atoms with Gasteiger partial charge in [0.2, 0.25) is 5.91 Å². The SMILES string of the molecule is CCN(CC)Cc1ccccc1Cc1c(NC(=O)c2ccc(OC)cc2)cccc1C(N)=O. The molecule has 3 aromatic carbocycles. The van der Waals surface area contributed by atoms with Crippen molar-refractivity contribution in [3.63, 3.8) is 0 Å². The van der Waals surface area contributed by atoms with Gasteiger partial charge in [0.25, 0.3) is 5.91 Å². The van der Waals surface area contributed by atoms with Gasteiger partial charge in [0.1, 0.15) is 5.75 Å². The zero-order valence-electron chi connectivity index (χ0n) is 19.4. The Morgan fingerprint density at radius 1 is 0.909 bits per heavy atom. The Hall–Kier alpha value is -3.64. The number of primary amides is 1. The minimum Gasteiger partial charge on any atom is -0.497 e. The molecule has 0 aromatic heterocycles. The Labute approximate surface area is 195 Å². The molecule has 0 heterocycles. The fourth-order valence-corrected chi connectivity index (χ4v) is 3.82. The number of amides is 2. The van der Waals surface area contributed by atoms with Crippen LogP contribution in [0, 0.1) is 0 Å². The maximum absolute atomic E-state index is 12.9. The van der Waals surface area contributed by atoms with Gasteiger partial charge in [0.05, 0.1) is 7.11 Å². The van der Waals surface area contributed by atoms with Crippen LogP contribution in [0.4, 0.5) is 5.69 Å². The second kappa shape index (κ2) is 11.3. The van der Waals surface area contributed by atoms with Crippen molar-refractivity contribution in [2.45, 2.75) is 26.8 Å². The van der Waals surface area contributed by atoms with Gasteiger partial charge in [0, 0.05) is 29.8 Å². The number of hydrogen-bond donors (Lipinski definition) is 2. The van der Waals surface area contributed by atoms with Crippen molar-refractivity contribution in [2.75, 3.05) is 25.5 Å². The van der Waals surface area contributed by atoms with Gasteiger partial charge < -0.3 is 15.8 Å². The third kappa shape index (κ3) is 5.99. The Kier molecular flexibility index (Phi) is 8.22. The van der Waals surface area contributed by atoms with Gasteiger partial charge in [-0.1, -0.05) is 44.2 Å². The highest BCUT2D eigenvalue weighted by molar-refractivity contribution is 6.06. The lowest BCUT2D eigenvalue weighted by Crippen LogP contribution is -2.23. The summed E-state index contributed by atoms with van der Waals surface area (Å²) in [5.74, 6) is -0.114. The van der Waals surface area contributed by atoms with E-state index in [4.69, 9.17) is 10.5 Å². The van der Waals surface area contributed by atoms with E-state index in [-0.39, 0.29) is 5.91 Å². The lowest BCUT2D eigenvalue weighted by molar-refractivity contribution is 0.0995. The van der Waals surface area contributed by atoms with Crippen molar-refractivity contribution in [3.8, 4) is 5.75 Å². The Morgan fingerprint density at radius 3 is 2.18 bits per heavy atom. The van der Waals surface area contributed by atoms with Gasteiger partial charge in [-0.05, 0) is 66.2 Å². The molecule has 0 saturated carbocycles. The number of nitrogens with two attached hydrogens (primary N) is 1. The Bertz CT molecular complexity index is 1110. The molecule has 0 radical (unpaired) electrons. The van der Waals surface area contributed by atoms with Crippen LogP contribution >= 0.6 is 0 Å². The Balaban J connectivity index is 1.95. The molecule has 3 rings (SSSR count). The number of carbonyl (C=O) groups is 2. The molecule has 0 aliphatic heterocycles. The number of nitrogens with one attached hydrogen (secondary N) is 1. The topological polar surface area (TPSA) is 84.7 Å². The number of nitrogens with zero attached hydrogens (tertiary/aromatic N) is 1. The van der Waals surface area contributed by atoms with Crippen LogP contribution in [-0.2, 0) is 13.0 Å². The third-order valence-corrected chi connectivity index (χ3v) is 5.82. The molecule has 0 bridgehead atoms. The molecule has 33 heavy (non-hydrogen) atoms. The van der Waals surface area contributed by atoms with Crippen LogP contribution in [0.1, 0.15) is 51.3 Å². The average molecular weight is 446 g/mol. The highest BCUT2D eigenvalue weighted by Crippen LogP contribution is 2.26. The lowest BCUT2D eigenvalue weighted by atomic mass is 9.94. The molecular formula is C27H31N3O3. The molecule has 6 heteroatoms. The molecule has 6 nitrogen and oxygen atoms in total. The van der Waals surface area contributed by atoms with Gasteiger partial charge in [0.15, 0.2) is 0 Å². The molecule has 0 aliphatic carbocycles. The molecule has 0 unspecified atom stereocenters. The first-order valence-corrected chi connectivity index (χ1v) is 11.1. The summed E-state index contributed by atoms with van der Waals surface area (Å²) in [5.41, 5.74) is 10.2. The van der Waals surface area contributed by atoms with Gasteiger partial charge in [-0.15, -0.1) is 0 Å². The van der Waals surface area contributed by atoms with E-state index in [1.165, 1.54) is 5.56 Å². The number of rotatable bonds is 10. The predicted octanol–water partition coefficient (Wildman–Crippen LogP) is 4.48. The summed E-state index contributed by atoms with van der Waals surface area (Å²) < 4.78 is 5.16. The molecule has 3 aromatic rings. The monoisotopic (exact) mass is 445 g/mol. The zero-order valence-corrected chi connectivity index (χ0v) is 19.4. The number of benzene rings is 3. The minimum absolute atomic E-state index is 0.267. The predicted molar refractivity (Wildman–Crippen MR) is 132 cm³/mol. The molecule has 0 atom stereocenters. The van der Waals surface area contributed by atoms with E-state index in [1.807, 2.05) is 12.1 Å². The van der Waals surface area contributed by atoms with Gasteiger partial charge in [-0.25, -0.2) is 0 Å². The number of carbonyl (C=O) groups excluding carboxylic acids is 2. The van der Waals surface area contributed by atoms with Crippen molar-refractivity contribution in [2.24, 2.45) is 5.73 Å². The smallest absolute Gasteiger partial charge is 0.255 e. The van der Waals surface area contributed by atoms with Crippen LogP contribution in [0.25, 0.3) is 0 Å². The van der Waals surface area contributed by atoms with E-state index in [2.05, 4.69) is 36.2 Å². The van der Waals surface area contributed by atoms with E-state index in [0.717, 1.165) is 25.2 Å². The summed E-state index contributed by atoms with van der Waals surface area (Å²) >= 11 is 0. The fraction of sp³-hybridized carbons (Fsp3) is 0.259. The molecule has 0 aliphatic rings. The number of hydrogen-bond acceptors (Lipinski definition) is 4. The minimum atomic E-state index is -0.522. The molecule has 0 saturated heterocycles. The fourth-order valence-electron chi connectivity index (χ4n) is 3.82. The largest absolute Gasteiger partial charge is 0.497 e. The first kappa shape index (κ1) is 24.0. The van der Waals surface area contributed by atoms with E-state index < -0.39 is 5.91 Å². The van der Waals surface area contributed by atoms with Crippen LogP contribution < -0.4 is 15.8 Å². The number of methoxy groups -OCH3 is 1. The highest BCUT2D eigenvalue weighted by atomic mass is 16.5. The Morgan fingerprint density at radius 2 is 1.58 bits per heavy atom. The van der Waals surface area contributed by atoms with Crippen molar-refractivity contribution in [1.29, 1.82) is 0 Å². The summed E-state index contributed by atoms with van der Waals surface area (Å²) in [5, 5.41) is 2.96. The maximum Gasteiger partial charge on any atom is 0.255 e. The normalized spacial score (nSPS) is 10.8. The van der Waals surface area contributed by atoms with Crippen LogP contribution in [0.2, 0.25) is 0 Å². The van der Waals surface area contributed by atoms with Crippen LogP contribution in [0.3, 0.4) is 0 Å². The highest BCUT2D eigenvalue weighted by Gasteiger charge is 2.17. The standard InChI is InChI=1S/C27H31N3O3/c1-4-30(5-2)18-21-10-7-6-9-20(21)17-24-23(26(28)31)11-8-12-25(24)29-27(32)19-13-15-22(33-3)16-14-19/h6-16H,4-5,17-18H2,1-3H3,(H2,28,31)(H,29,32). The van der Waals surface area contributed by atoms with Crippen molar-refractivity contribution < 1.29 is 14.3 Å². The summed E-state index contributed by atoms with van der Waals surface area (Å²) in [7, 11) is 1.58. The molecule has 0 fully saturated rings. The zero-order chi connectivity index (χ0) is 23.8. The second-order valence-corrected chi connectivity index (χ2v) is 7.79. The van der Waals surface area contributed by atoms with E-state index in [0.29, 0.717) is 34.5 Å². The summed E-state index contributed by atoms with van der Waals surface area (Å²) in [6, 6.07) is 20.3. The quantitative estimate of drug-likeness (QED) is 0.482. The van der Waals surface area contributed by atoms with Gasteiger partial charge in [-0.2, -0.15) is 0 Å². The molecule has 2 amide bonds. The molecule has 3 N–H and O–H groups in total. The van der Waals surface area contributed by atoms with Gasteiger partial charge in [-0.3, -0.25) is 14.5 Å². The van der Waals surface area contributed by atoms with Gasteiger partial charge >= 0.3 is 0 Å². The van der Waals surface area contributed by atoms with E-state index in [9.17, 15) is 9.59 Å². The van der Waals surface area contributed by atoms with Crippen molar-refractivity contribution in [3.05, 3.63) is 94.5 Å². The van der Waals surface area contributed by atoms with E-state index in [1.54, 1.807) is 49.6 Å². The third-order valence-electron chi connectivity index (χ3n) is 5.82. The first-order valence-electron chi connectivity index (χ1n) is 11.1. The molecular weight excluding hydrogens is 414 g/mol. The van der Waals surface area contributed by atoms with Crippen LogP contribution in [0.5, 0.6) is 5.75 Å². The lowest BCUT2D eigenvalue weighted by Gasteiger charge is -2.21. The molecule has 172 valence electrons. The summed E-state index contributed by atoms with van der Waals surface area (Å²) in [6.45, 7) is 7.00. The van der Waals surface area contributed by atoms with Crippen LogP contribution in [-0.4, -0.2) is 36.9 Å². The molecule has 0 spiro atoms.